The summed E-state index contributed by atoms with van der Waals surface area (Å²) in [6, 6.07) is 49.8. The van der Waals surface area contributed by atoms with Crippen LogP contribution in [0.15, 0.2) is 165 Å². The van der Waals surface area contributed by atoms with Gasteiger partial charge in [0.25, 0.3) is 0 Å². The van der Waals surface area contributed by atoms with Crippen LogP contribution in [0.1, 0.15) is 15.9 Å². The summed E-state index contributed by atoms with van der Waals surface area (Å²) in [7, 11) is 0.245. The first kappa shape index (κ1) is 22.3. The fourth-order valence-electron chi connectivity index (χ4n) is 3.95. The van der Waals surface area contributed by atoms with Crippen LogP contribution in [0.25, 0.3) is 0 Å². The first-order chi connectivity index (χ1) is 16.8. The average molecular weight is 477 g/mol. The van der Waals surface area contributed by atoms with E-state index in [1.165, 1.54) is 14.7 Å². The zero-order chi connectivity index (χ0) is 23.2. The van der Waals surface area contributed by atoms with E-state index < -0.39 is 9.06 Å². The van der Waals surface area contributed by atoms with Gasteiger partial charge in [-0.25, -0.2) is 0 Å². The highest BCUT2D eigenvalue weighted by atomic mass is 33.2. The molecular formula is C31H24OS2. The van der Waals surface area contributed by atoms with Gasteiger partial charge in [0, 0.05) is 30.7 Å². The quantitative estimate of drug-likeness (QED) is 0.172. The van der Waals surface area contributed by atoms with Crippen molar-refractivity contribution in [1.82, 2.24) is 0 Å². The molecule has 5 rings (SSSR count). The van der Waals surface area contributed by atoms with E-state index >= 15 is 0 Å². The highest BCUT2D eigenvalue weighted by molar-refractivity contribution is 8.94. The van der Waals surface area contributed by atoms with Crippen molar-refractivity contribution < 1.29 is 4.79 Å². The summed E-state index contributed by atoms with van der Waals surface area (Å²) in [6.07, 6.45) is 0. The molecule has 0 radical (unpaired) electrons. The molecule has 1 nitrogen and oxygen atoms in total. The molecule has 0 spiro atoms. The van der Waals surface area contributed by atoms with E-state index in [9.17, 15) is 4.79 Å². The Balaban J connectivity index is 1.60. The van der Waals surface area contributed by atoms with Crippen molar-refractivity contribution in [2.75, 3.05) is 0 Å². The van der Waals surface area contributed by atoms with Crippen LogP contribution in [-0.4, -0.2) is 5.78 Å². The number of carbonyl (C=O) groups is 1. The predicted octanol–water partition coefficient (Wildman–Crippen LogP) is 8.91. The first-order valence-corrected chi connectivity index (χ1v) is 14.1. The third-order valence-corrected chi connectivity index (χ3v) is 12.2. The summed E-state index contributed by atoms with van der Waals surface area (Å²) in [5.74, 6) is 0.0462. The largest absolute Gasteiger partial charge is 0.289 e. The summed E-state index contributed by atoms with van der Waals surface area (Å²) in [4.78, 5) is 17.9. The van der Waals surface area contributed by atoms with Crippen molar-refractivity contribution >= 4 is 25.6 Å². The molecular weight excluding hydrogens is 452 g/mol. The van der Waals surface area contributed by atoms with Gasteiger partial charge >= 0.3 is 0 Å². The molecule has 0 amide bonds. The van der Waals surface area contributed by atoms with Crippen LogP contribution in [-0.2, 0) is 0 Å². The van der Waals surface area contributed by atoms with Gasteiger partial charge in [-0.3, -0.25) is 4.79 Å². The molecule has 166 valence electrons. The molecule has 3 heteroatoms. The molecule has 0 aliphatic rings. The highest BCUT2D eigenvalue weighted by Gasteiger charge is 2.32. The lowest BCUT2D eigenvalue weighted by Gasteiger charge is -2.40. The number of carbonyl (C=O) groups excluding carboxylic acids is 1. The summed E-state index contributed by atoms with van der Waals surface area (Å²) < 4.78 is 0. The van der Waals surface area contributed by atoms with Crippen LogP contribution in [0, 0.1) is 0 Å². The molecule has 0 saturated heterocycles. The van der Waals surface area contributed by atoms with Gasteiger partial charge in [-0.1, -0.05) is 95.7 Å². The van der Waals surface area contributed by atoms with Crippen LogP contribution in [0.2, 0.25) is 0 Å². The summed E-state index contributed by atoms with van der Waals surface area (Å²) in [6.45, 7) is 0. The molecule has 0 saturated carbocycles. The van der Waals surface area contributed by atoms with Crippen LogP contribution in [0.3, 0.4) is 0 Å². The normalized spacial score (nSPS) is 11.6. The van der Waals surface area contributed by atoms with Crippen molar-refractivity contribution in [3.05, 3.63) is 157 Å². The fourth-order valence-corrected chi connectivity index (χ4v) is 10.3. The molecule has 0 aliphatic heterocycles. The molecule has 0 aliphatic carbocycles. The Kier molecular flexibility index (Phi) is 6.66. The number of hydrogen-bond acceptors (Lipinski definition) is 2. The predicted molar refractivity (Wildman–Crippen MR) is 144 cm³/mol. The lowest BCUT2D eigenvalue weighted by atomic mass is 10.0. The lowest BCUT2D eigenvalue weighted by Crippen LogP contribution is -2.01. The Hall–Kier alpha value is -3.53. The topological polar surface area (TPSA) is 17.1 Å². The lowest BCUT2D eigenvalue weighted by molar-refractivity contribution is 0.103. The van der Waals surface area contributed by atoms with E-state index in [0.717, 1.165) is 4.90 Å². The van der Waals surface area contributed by atoms with Gasteiger partial charge in [0.15, 0.2) is 5.78 Å². The third-order valence-electron chi connectivity index (χ3n) is 5.60. The van der Waals surface area contributed by atoms with Crippen LogP contribution < -0.4 is 0 Å². The minimum absolute atomic E-state index is 0.0462. The van der Waals surface area contributed by atoms with E-state index in [1.54, 1.807) is 0 Å². The van der Waals surface area contributed by atoms with Gasteiger partial charge in [0.1, 0.15) is 0 Å². The molecule has 0 fully saturated rings. The van der Waals surface area contributed by atoms with Gasteiger partial charge in [0.05, 0.1) is 0 Å². The van der Waals surface area contributed by atoms with E-state index in [1.807, 2.05) is 53.3 Å². The second-order valence-corrected chi connectivity index (χ2v) is 13.0. The Morgan fingerprint density at radius 1 is 0.441 bits per heavy atom. The maximum absolute atomic E-state index is 12.9. The summed E-state index contributed by atoms with van der Waals surface area (Å²) in [5, 5.41) is 0. The van der Waals surface area contributed by atoms with Crippen LogP contribution in [0.5, 0.6) is 0 Å². The Morgan fingerprint density at radius 2 is 0.794 bits per heavy atom. The van der Waals surface area contributed by atoms with Gasteiger partial charge < -0.3 is 0 Å². The SMILES string of the molecule is O=C(c1ccccc1)c1ccc(SS(c2ccccc2)(c2ccccc2)c2ccccc2)cc1. The number of benzene rings is 5. The van der Waals surface area contributed by atoms with Crippen molar-refractivity contribution in [3.63, 3.8) is 0 Å². The zero-order valence-electron chi connectivity index (χ0n) is 18.6. The van der Waals surface area contributed by atoms with E-state index in [4.69, 9.17) is 0 Å². The third kappa shape index (κ3) is 4.45. The molecule has 5 aromatic carbocycles. The van der Waals surface area contributed by atoms with Crippen molar-refractivity contribution in [1.29, 1.82) is 0 Å². The number of rotatable bonds is 7. The number of hydrogen-bond donors (Lipinski definition) is 0. The van der Waals surface area contributed by atoms with E-state index in [0.29, 0.717) is 11.1 Å². The minimum Gasteiger partial charge on any atom is -0.289 e. The first-order valence-electron chi connectivity index (χ1n) is 11.2. The van der Waals surface area contributed by atoms with Crippen LogP contribution >= 0.6 is 19.9 Å². The molecule has 0 heterocycles. The zero-order valence-corrected chi connectivity index (χ0v) is 20.2. The van der Waals surface area contributed by atoms with E-state index in [-0.39, 0.29) is 5.78 Å². The molecule has 5 aromatic rings. The van der Waals surface area contributed by atoms with Gasteiger partial charge in [-0.05, 0) is 60.7 Å². The maximum Gasteiger partial charge on any atom is 0.193 e. The standard InChI is InChI=1S/C31H24OS2/c32-31(25-13-5-1-6-14-25)26-21-23-27(24-22-26)33-34(28-15-7-2-8-16-28,29-17-9-3-10-18-29)30-19-11-4-12-20-30/h1-24H. The number of ketones is 1. The maximum atomic E-state index is 12.9. The Morgan fingerprint density at radius 3 is 1.21 bits per heavy atom. The molecule has 0 N–H and O–H groups in total. The van der Waals surface area contributed by atoms with Crippen LogP contribution in [0.4, 0.5) is 0 Å². The van der Waals surface area contributed by atoms with Gasteiger partial charge in [0.2, 0.25) is 0 Å². The second-order valence-electron chi connectivity index (χ2n) is 7.80. The van der Waals surface area contributed by atoms with E-state index in [2.05, 4.69) is 103 Å². The molecule has 0 bridgehead atoms. The molecule has 0 aromatic heterocycles. The monoisotopic (exact) mass is 476 g/mol. The summed E-state index contributed by atoms with van der Waals surface area (Å²) in [5.41, 5.74) is 1.41. The summed E-state index contributed by atoms with van der Waals surface area (Å²) >= 11 is 0. The van der Waals surface area contributed by atoms with Crippen molar-refractivity contribution in [2.45, 2.75) is 19.6 Å². The molecule has 0 atom stereocenters. The smallest absolute Gasteiger partial charge is 0.193 e. The van der Waals surface area contributed by atoms with Crippen molar-refractivity contribution in [3.8, 4) is 0 Å². The van der Waals surface area contributed by atoms with Gasteiger partial charge in [-0.15, -0.1) is 9.06 Å². The van der Waals surface area contributed by atoms with Crippen molar-refractivity contribution in [2.24, 2.45) is 0 Å². The average Bonchev–Trinajstić information content (AvgIpc) is 2.94. The fraction of sp³-hybridized carbons (Fsp3) is 0. The highest BCUT2D eigenvalue weighted by Crippen LogP contribution is 2.78. The minimum atomic E-state index is -1.64. The molecule has 0 unspecified atom stereocenters. The Bertz CT molecular complexity index is 1250. The Labute approximate surface area is 206 Å². The second kappa shape index (κ2) is 10.2. The van der Waals surface area contributed by atoms with Gasteiger partial charge in [-0.2, -0.15) is 0 Å². The molecule has 34 heavy (non-hydrogen) atoms.